The van der Waals surface area contributed by atoms with Gasteiger partial charge in [-0.05, 0) is 17.9 Å². The van der Waals surface area contributed by atoms with Gasteiger partial charge in [0.1, 0.15) is 4.88 Å². The molecule has 0 unspecified atom stereocenters. The second kappa shape index (κ2) is 6.02. The molecule has 0 saturated carbocycles. The van der Waals surface area contributed by atoms with Crippen LogP contribution in [-0.2, 0) is 9.53 Å². The van der Waals surface area contributed by atoms with Gasteiger partial charge in [0.05, 0.1) is 18.6 Å². The first-order valence-corrected chi connectivity index (χ1v) is 6.29. The van der Waals surface area contributed by atoms with Crippen molar-refractivity contribution in [1.29, 1.82) is 0 Å². The Balaban J connectivity index is 2.64. The van der Waals surface area contributed by atoms with Crippen molar-refractivity contribution in [2.24, 2.45) is 0 Å². The van der Waals surface area contributed by atoms with E-state index in [0.29, 0.717) is 16.4 Å². The summed E-state index contributed by atoms with van der Waals surface area (Å²) in [6, 6.07) is 0. The van der Waals surface area contributed by atoms with Crippen molar-refractivity contribution in [3.63, 3.8) is 0 Å². The molecule has 0 aliphatic rings. The molecule has 1 aromatic heterocycles. The first kappa shape index (κ1) is 14.0. The molecule has 1 rings (SSSR count). The molecule has 0 atom stereocenters. The van der Waals surface area contributed by atoms with E-state index in [4.69, 9.17) is 11.6 Å². The highest BCUT2D eigenvalue weighted by atomic mass is 35.5. The van der Waals surface area contributed by atoms with Gasteiger partial charge in [-0.25, -0.2) is 0 Å². The zero-order chi connectivity index (χ0) is 13.0. The minimum Gasteiger partial charge on any atom is -0.469 e. The summed E-state index contributed by atoms with van der Waals surface area (Å²) in [7, 11) is 2.96. The van der Waals surface area contributed by atoms with E-state index < -0.39 is 0 Å². The van der Waals surface area contributed by atoms with Crippen molar-refractivity contribution >= 4 is 34.8 Å². The smallest absolute Gasteiger partial charge is 0.307 e. The zero-order valence-corrected chi connectivity index (χ0v) is 11.5. The molecule has 0 spiro atoms. The van der Waals surface area contributed by atoms with E-state index in [1.165, 1.54) is 23.3 Å². The molecule has 0 bridgehead atoms. The largest absolute Gasteiger partial charge is 0.469 e. The van der Waals surface area contributed by atoms with Crippen LogP contribution in [0.5, 0.6) is 0 Å². The van der Waals surface area contributed by atoms with Crippen molar-refractivity contribution in [2.45, 2.75) is 13.3 Å². The Morgan fingerprint density at radius 2 is 2.18 bits per heavy atom. The number of halogens is 1. The lowest BCUT2D eigenvalue weighted by Gasteiger charge is -2.15. The predicted octanol–water partition coefficient (Wildman–Crippen LogP) is 2.35. The van der Waals surface area contributed by atoms with Crippen molar-refractivity contribution < 1.29 is 14.3 Å². The van der Waals surface area contributed by atoms with Crippen LogP contribution in [-0.4, -0.2) is 37.5 Å². The van der Waals surface area contributed by atoms with Gasteiger partial charge in [0.15, 0.2) is 0 Å². The number of nitrogens with zero attached hydrogens (tertiary/aromatic N) is 1. The molecule has 6 heteroatoms. The first-order valence-electron chi connectivity index (χ1n) is 5.03. The molecular formula is C11H14ClNO3S. The topological polar surface area (TPSA) is 46.6 Å². The second-order valence-corrected chi connectivity index (χ2v) is 4.87. The SMILES string of the molecule is COC(=O)CCN(C)C(=O)c1scc(C)c1Cl. The Labute approximate surface area is 109 Å². The van der Waals surface area contributed by atoms with Crippen molar-refractivity contribution in [2.75, 3.05) is 20.7 Å². The molecule has 0 N–H and O–H groups in total. The standard InChI is InChI=1S/C11H14ClNO3S/c1-7-6-17-10(9(7)12)11(15)13(2)5-4-8(14)16-3/h6H,4-5H2,1-3H3. The number of amides is 1. The van der Waals surface area contributed by atoms with Gasteiger partial charge in [-0.3, -0.25) is 9.59 Å². The van der Waals surface area contributed by atoms with E-state index in [2.05, 4.69) is 4.74 Å². The fourth-order valence-electron chi connectivity index (χ4n) is 1.21. The minimum absolute atomic E-state index is 0.169. The first-order chi connectivity index (χ1) is 7.97. The Morgan fingerprint density at radius 1 is 1.53 bits per heavy atom. The fraction of sp³-hybridized carbons (Fsp3) is 0.455. The third-order valence-electron chi connectivity index (χ3n) is 2.32. The van der Waals surface area contributed by atoms with Gasteiger partial charge >= 0.3 is 5.97 Å². The number of hydrogen-bond donors (Lipinski definition) is 0. The molecule has 94 valence electrons. The van der Waals surface area contributed by atoms with Crippen LogP contribution >= 0.6 is 22.9 Å². The van der Waals surface area contributed by atoms with Gasteiger partial charge in [0, 0.05) is 13.6 Å². The molecule has 0 aliphatic carbocycles. The monoisotopic (exact) mass is 275 g/mol. The fourth-order valence-corrected chi connectivity index (χ4v) is 2.48. The number of carbonyl (C=O) groups excluding carboxylic acids is 2. The summed E-state index contributed by atoms with van der Waals surface area (Å²) in [5.41, 5.74) is 0.890. The molecule has 1 aromatic rings. The number of thiophene rings is 1. The molecule has 1 amide bonds. The van der Waals surface area contributed by atoms with Gasteiger partial charge in [-0.2, -0.15) is 0 Å². The third kappa shape index (κ3) is 3.44. The van der Waals surface area contributed by atoms with E-state index in [9.17, 15) is 9.59 Å². The van der Waals surface area contributed by atoms with Crippen LogP contribution in [0.15, 0.2) is 5.38 Å². The number of esters is 1. The molecule has 17 heavy (non-hydrogen) atoms. The Bertz CT molecular complexity index is 430. The predicted molar refractivity (Wildman–Crippen MR) is 67.7 cm³/mol. The summed E-state index contributed by atoms with van der Waals surface area (Å²) >= 11 is 7.32. The Hall–Kier alpha value is -1.07. The summed E-state index contributed by atoms with van der Waals surface area (Å²) in [5, 5.41) is 2.33. The third-order valence-corrected chi connectivity index (χ3v) is 4.00. The normalized spacial score (nSPS) is 10.1. The minimum atomic E-state index is -0.335. The van der Waals surface area contributed by atoms with Crippen molar-refractivity contribution in [3.8, 4) is 0 Å². The van der Waals surface area contributed by atoms with Crippen molar-refractivity contribution in [3.05, 3.63) is 20.8 Å². The average Bonchev–Trinajstić information content (AvgIpc) is 2.65. The summed E-state index contributed by atoms with van der Waals surface area (Å²) < 4.78 is 4.51. The highest BCUT2D eigenvalue weighted by Crippen LogP contribution is 2.28. The summed E-state index contributed by atoms with van der Waals surface area (Å²) in [5.74, 6) is -0.505. The second-order valence-electron chi connectivity index (χ2n) is 3.61. The number of methoxy groups -OCH3 is 1. The van der Waals surface area contributed by atoms with Gasteiger partial charge in [-0.1, -0.05) is 11.6 Å². The van der Waals surface area contributed by atoms with Crippen LogP contribution in [0.4, 0.5) is 0 Å². The molecule has 0 radical (unpaired) electrons. The Morgan fingerprint density at radius 3 is 2.65 bits per heavy atom. The van der Waals surface area contributed by atoms with Gasteiger partial charge < -0.3 is 9.64 Å². The molecule has 0 fully saturated rings. The van der Waals surface area contributed by atoms with Gasteiger partial charge in [0.25, 0.3) is 5.91 Å². The van der Waals surface area contributed by atoms with E-state index in [0.717, 1.165) is 5.56 Å². The molecule has 0 aliphatic heterocycles. The lowest BCUT2D eigenvalue weighted by atomic mass is 10.3. The van der Waals surface area contributed by atoms with E-state index in [-0.39, 0.29) is 18.3 Å². The number of aryl methyl sites for hydroxylation is 1. The van der Waals surface area contributed by atoms with Crippen molar-refractivity contribution in [1.82, 2.24) is 4.90 Å². The Kier molecular flexibility index (Phi) is 4.96. The summed E-state index contributed by atoms with van der Waals surface area (Å²) in [4.78, 5) is 24.9. The molecule has 1 heterocycles. The van der Waals surface area contributed by atoms with E-state index in [1.54, 1.807) is 7.05 Å². The van der Waals surface area contributed by atoms with Crippen LogP contribution in [0, 0.1) is 6.92 Å². The van der Waals surface area contributed by atoms with Crippen LogP contribution in [0.1, 0.15) is 21.7 Å². The lowest BCUT2D eigenvalue weighted by Crippen LogP contribution is -2.28. The molecule has 0 aromatic carbocycles. The van der Waals surface area contributed by atoms with Gasteiger partial charge in [-0.15, -0.1) is 11.3 Å². The van der Waals surface area contributed by atoms with Crippen LogP contribution in [0.25, 0.3) is 0 Å². The summed E-state index contributed by atoms with van der Waals surface area (Å²) in [6.45, 7) is 2.17. The summed E-state index contributed by atoms with van der Waals surface area (Å²) in [6.07, 6.45) is 0.181. The molecule has 4 nitrogen and oxygen atoms in total. The maximum absolute atomic E-state index is 12.0. The highest BCUT2D eigenvalue weighted by Gasteiger charge is 2.18. The quantitative estimate of drug-likeness (QED) is 0.793. The maximum Gasteiger partial charge on any atom is 0.307 e. The van der Waals surface area contributed by atoms with E-state index in [1.807, 2.05) is 12.3 Å². The molecular weight excluding hydrogens is 262 g/mol. The highest BCUT2D eigenvalue weighted by molar-refractivity contribution is 7.13. The molecule has 0 saturated heterocycles. The van der Waals surface area contributed by atoms with Crippen LogP contribution in [0.2, 0.25) is 5.02 Å². The number of ether oxygens (including phenoxy) is 1. The number of rotatable bonds is 4. The number of carbonyl (C=O) groups is 2. The lowest BCUT2D eigenvalue weighted by molar-refractivity contribution is -0.140. The maximum atomic E-state index is 12.0. The van der Waals surface area contributed by atoms with Crippen LogP contribution in [0.3, 0.4) is 0 Å². The zero-order valence-electron chi connectivity index (χ0n) is 9.95. The van der Waals surface area contributed by atoms with Gasteiger partial charge in [0.2, 0.25) is 0 Å². The average molecular weight is 276 g/mol. The van der Waals surface area contributed by atoms with E-state index >= 15 is 0 Å². The van der Waals surface area contributed by atoms with Crippen LogP contribution < -0.4 is 0 Å². The number of hydrogen-bond acceptors (Lipinski definition) is 4.